The van der Waals surface area contributed by atoms with Crippen molar-refractivity contribution in [1.29, 1.82) is 0 Å². The Labute approximate surface area is 137 Å². The number of aromatic nitrogens is 1. The number of nitrogens with two attached hydrogens (primary N) is 1. The molecule has 0 amide bonds. The van der Waals surface area contributed by atoms with Crippen LogP contribution in [-0.2, 0) is 12.4 Å². The average molecular weight is 360 g/mol. The highest BCUT2D eigenvalue weighted by molar-refractivity contribution is 5.79. The third-order valence-electron chi connectivity index (χ3n) is 3.48. The van der Waals surface area contributed by atoms with E-state index in [4.69, 9.17) is 10.6 Å². The SMILES string of the molecule is Nc1cc(C(F)(F)F)c(On2ccc3ccccc32)c(C(F)(F)F)c1. The molecule has 0 bridgehead atoms. The average Bonchev–Trinajstić information content (AvgIpc) is 2.90. The van der Waals surface area contributed by atoms with Crippen LogP contribution in [0.25, 0.3) is 10.9 Å². The largest absolute Gasteiger partial charge is 0.420 e. The van der Waals surface area contributed by atoms with Gasteiger partial charge in [0.1, 0.15) is 11.1 Å². The van der Waals surface area contributed by atoms with E-state index in [0.717, 1.165) is 4.73 Å². The lowest BCUT2D eigenvalue weighted by atomic mass is 10.1. The third-order valence-corrected chi connectivity index (χ3v) is 3.48. The van der Waals surface area contributed by atoms with Crippen LogP contribution in [0.4, 0.5) is 32.0 Å². The lowest BCUT2D eigenvalue weighted by molar-refractivity contribution is -0.146. The van der Waals surface area contributed by atoms with E-state index in [1.807, 2.05) is 0 Å². The summed E-state index contributed by atoms with van der Waals surface area (Å²) in [6.07, 6.45) is -8.91. The quantitative estimate of drug-likeness (QED) is 0.510. The van der Waals surface area contributed by atoms with E-state index in [0.29, 0.717) is 23.0 Å². The van der Waals surface area contributed by atoms with Gasteiger partial charge in [0, 0.05) is 17.3 Å². The van der Waals surface area contributed by atoms with Crippen LogP contribution in [0.5, 0.6) is 5.75 Å². The second kappa shape index (κ2) is 5.61. The Hall–Kier alpha value is -2.84. The van der Waals surface area contributed by atoms with Gasteiger partial charge in [-0.1, -0.05) is 18.2 Å². The maximum atomic E-state index is 13.2. The van der Waals surface area contributed by atoms with E-state index in [1.54, 1.807) is 18.2 Å². The molecule has 2 N–H and O–H groups in total. The number of nitrogen functional groups attached to an aromatic ring is 1. The molecule has 0 spiro atoms. The molecule has 2 aromatic carbocycles. The fraction of sp³-hybridized carbons (Fsp3) is 0.125. The van der Waals surface area contributed by atoms with E-state index >= 15 is 0 Å². The number of hydrogen-bond donors (Lipinski definition) is 1. The van der Waals surface area contributed by atoms with Crippen LogP contribution in [0, 0.1) is 0 Å². The molecule has 0 fully saturated rings. The number of benzene rings is 2. The lowest BCUT2D eigenvalue weighted by Crippen LogP contribution is -2.18. The minimum atomic E-state index is -5.08. The minimum absolute atomic E-state index is 0.320. The van der Waals surface area contributed by atoms with Crippen LogP contribution in [-0.4, -0.2) is 4.73 Å². The van der Waals surface area contributed by atoms with E-state index in [2.05, 4.69) is 0 Å². The molecule has 0 atom stereocenters. The molecule has 0 unspecified atom stereocenters. The molecule has 0 aliphatic heterocycles. The highest BCUT2D eigenvalue weighted by Crippen LogP contribution is 2.45. The van der Waals surface area contributed by atoms with Gasteiger partial charge in [-0.2, -0.15) is 31.1 Å². The first-order chi connectivity index (χ1) is 11.6. The van der Waals surface area contributed by atoms with Gasteiger partial charge in [0.05, 0.1) is 5.52 Å². The minimum Gasteiger partial charge on any atom is -0.399 e. The van der Waals surface area contributed by atoms with Crippen LogP contribution >= 0.6 is 0 Å². The van der Waals surface area contributed by atoms with Gasteiger partial charge < -0.3 is 10.6 Å². The van der Waals surface area contributed by atoms with Crippen molar-refractivity contribution in [3.63, 3.8) is 0 Å². The van der Waals surface area contributed by atoms with Crippen LogP contribution < -0.4 is 10.6 Å². The number of para-hydroxylation sites is 1. The summed E-state index contributed by atoms with van der Waals surface area (Å²) in [7, 11) is 0. The predicted octanol–water partition coefficient (Wildman–Crippen LogP) is 5.10. The summed E-state index contributed by atoms with van der Waals surface area (Å²) in [5.74, 6) is -1.35. The zero-order valence-electron chi connectivity index (χ0n) is 12.3. The Kier molecular flexibility index (Phi) is 3.81. The van der Waals surface area contributed by atoms with Crippen LogP contribution in [0.2, 0.25) is 0 Å². The normalized spacial score (nSPS) is 12.6. The van der Waals surface area contributed by atoms with E-state index < -0.39 is 34.9 Å². The van der Waals surface area contributed by atoms with Gasteiger partial charge in [-0.15, -0.1) is 0 Å². The molecule has 0 saturated carbocycles. The number of fused-ring (bicyclic) bond motifs is 1. The number of alkyl halides is 6. The van der Waals surface area contributed by atoms with Crippen molar-refractivity contribution in [2.45, 2.75) is 12.4 Å². The molecule has 1 aromatic heterocycles. The highest BCUT2D eigenvalue weighted by atomic mass is 19.4. The van der Waals surface area contributed by atoms with Crippen LogP contribution in [0.1, 0.15) is 11.1 Å². The molecule has 3 rings (SSSR count). The van der Waals surface area contributed by atoms with E-state index in [1.165, 1.54) is 18.3 Å². The Morgan fingerprint density at radius 3 is 1.96 bits per heavy atom. The fourth-order valence-corrected chi connectivity index (χ4v) is 2.41. The third kappa shape index (κ3) is 3.21. The van der Waals surface area contributed by atoms with Gasteiger partial charge in [-0.05, 0) is 24.3 Å². The molecule has 132 valence electrons. The highest BCUT2D eigenvalue weighted by Gasteiger charge is 2.43. The van der Waals surface area contributed by atoms with Gasteiger partial charge >= 0.3 is 12.4 Å². The summed E-state index contributed by atoms with van der Waals surface area (Å²) in [5, 5.41) is 0.597. The molecule has 9 heteroatoms. The maximum absolute atomic E-state index is 13.2. The summed E-state index contributed by atoms with van der Waals surface area (Å²) in [6, 6.07) is 8.75. The Morgan fingerprint density at radius 2 is 1.40 bits per heavy atom. The molecule has 3 aromatic rings. The molecule has 3 nitrogen and oxygen atoms in total. The van der Waals surface area contributed by atoms with Crippen LogP contribution in [0.3, 0.4) is 0 Å². The molecular weight excluding hydrogens is 350 g/mol. The Bertz CT molecular complexity index is 891. The first kappa shape index (κ1) is 17.0. The lowest BCUT2D eigenvalue weighted by Gasteiger charge is -2.20. The predicted molar refractivity (Wildman–Crippen MR) is 78.8 cm³/mol. The van der Waals surface area contributed by atoms with Gasteiger partial charge in [-0.3, -0.25) is 0 Å². The first-order valence-electron chi connectivity index (χ1n) is 6.90. The van der Waals surface area contributed by atoms with Crippen molar-refractivity contribution in [3.05, 3.63) is 59.8 Å². The molecule has 0 radical (unpaired) electrons. The zero-order valence-corrected chi connectivity index (χ0v) is 12.3. The number of hydrogen-bond acceptors (Lipinski definition) is 2. The Balaban J connectivity index is 2.23. The number of rotatable bonds is 2. The number of halogens is 6. The van der Waals surface area contributed by atoms with Crippen molar-refractivity contribution in [2.24, 2.45) is 0 Å². The smallest absolute Gasteiger partial charge is 0.399 e. The second-order valence-electron chi connectivity index (χ2n) is 5.23. The van der Waals surface area contributed by atoms with Crippen molar-refractivity contribution in [2.75, 3.05) is 5.73 Å². The van der Waals surface area contributed by atoms with Crippen molar-refractivity contribution < 1.29 is 31.2 Å². The molecule has 1 heterocycles. The molecule has 0 aliphatic carbocycles. The second-order valence-corrected chi connectivity index (χ2v) is 5.23. The monoisotopic (exact) mass is 360 g/mol. The summed E-state index contributed by atoms with van der Waals surface area (Å²) in [6.45, 7) is 0. The standard InChI is InChI=1S/C16H10F6N2O/c17-15(18,19)11-7-10(23)8-12(16(20,21)22)14(11)25-24-6-5-9-3-1-2-4-13(9)24/h1-8H,23H2. The summed E-state index contributed by atoms with van der Waals surface area (Å²) >= 11 is 0. The molecule has 25 heavy (non-hydrogen) atoms. The van der Waals surface area contributed by atoms with Crippen LogP contribution in [0.15, 0.2) is 48.7 Å². The topological polar surface area (TPSA) is 40.2 Å². The summed E-state index contributed by atoms with van der Waals surface area (Å²) in [4.78, 5) is 5.02. The van der Waals surface area contributed by atoms with Gasteiger partial charge in [0.15, 0.2) is 5.75 Å². The zero-order chi connectivity index (χ0) is 18.4. The molecule has 0 aliphatic rings. The fourth-order valence-electron chi connectivity index (χ4n) is 2.41. The van der Waals surface area contributed by atoms with Gasteiger partial charge in [0.2, 0.25) is 0 Å². The van der Waals surface area contributed by atoms with Gasteiger partial charge in [-0.25, -0.2) is 0 Å². The van der Waals surface area contributed by atoms with Crippen molar-refractivity contribution >= 4 is 16.6 Å². The van der Waals surface area contributed by atoms with E-state index in [-0.39, 0.29) is 0 Å². The number of nitrogens with zero attached hydrogens (tertiary/aromatic N) is 1. The first-order valence-corrected chi connectivity index (χ1v) is 6.90. The molecule has 0 saturated heterocycles. The Morgan fingerprint density at radius 1 is 0.840 bits per heavy atom. The van der Waals surface area contributed by atoms with Gasteiger partial charge in [0.25, 0.3) is 0 Å². The van der Waals surface area contributed by atoms with E-state index in [9.17, 15) is 26.3 Å². The number of anilines is 1. The molecular formula is C16H10F6N2O. The maximum Gasteiger partial charge on any atom is 0.420 e. The van der Waals surface area contributed by atoms with Crippen molar-refractivity contribution in [1.82, 2.24) is 4.73 Å². The van der Waals surface area contributed by atoms with Crippen molar-refractivity contribution in [3.8, 4) is 5.75 Å². The summed E-state index contributed by atoms with van der Waals surface area (Å²) < 4.78 is 80.2. The summed E-state index contributed by atoms with van der Waals surface area (Å²) in [5.41, 5.74) is 1.68.